The van der Waals surface area contributed by atoms with Gasteiger partial charge < -0.3 is 58.9 Å². The number of nitrogens with one attached hydrogen (secondary N) is 3. The highest BCUT2D eigenvalue weighted by Gasteiger charge is 2.52. The van der Waals surface area contributed by atoms with Gasteiger partial charge >= 0.3 is 24.5 Å². The van der Waals surface area contributed by atoms with Crippen LogP contribution in [0.2, 0.25) is 0 Å². The van der Waals surface area contributed by atoms with E-state index in [1.807, 2.05) is 110 Å². The van der Waals surface area contributed by atoms with Crippen molar-refractivity contribution in [2.75, 3.05) is 81.8 Å². The number of aromatic nitrogens is 3. The Bertz CT molecular complexity index is 3460. The van der Waals surface area contributed by atoms with Crippen LogP contribution in [0.15, 0.2) is 72.8 Å². The van der Waals surface area contributed by atoms with Gasteiger partial charge in [-0.3, -0.25) is 14.6 Å². The molecule has 3 spiro atoms. The highest BCUT2D eigenvalue weighted by Crippen LogP contribution is 2.47. The monoisotopic (exact) mass is 1660 g/mol. The summed E-state index contributed by atoms with van der Waals surface area (Å²) < 4.78 is 138. The second kappa shape index (κ2) is 29.2. The first kappa shape index (κ1) is 71.0. The number of carbonyl (C=O) groups is 3. The Morgan fingerprint density at radius 1 is 0.500 bits per heavy atom. The largest absolute Gasteiger partial charge is 0.539 e. The average molecular weight is 1660 g/mol. The molecule has 4 aliphatic carbocycles. The lowest BCUT2D eigenvalue weighted by atomic mass is 9.67. The zero-order valence-electron chi connectivity index (χ0n) is 51.7. The second-order valence-corrected chi connectivity index (χ2v) is 30.5. The van der Waals surface area contributed by atoms with Crippen LogP contribution in [0.25, 0.3) is 32.7 Å². The summed E-state index contributed by atoms with van der Waals surface area (Å²) in [6.45, 7) is 7.66. The molecule has 3 aromatic carbocycles. The Hall–Kier alpha value is -4.35. The molecule has 3 aromatic heterocycles. The van der Waals surface area contributed by atoms with E-state index in [0.29, 0.717) is 75.5 Å². The molecule has 15 rings (SSSR count). The van der Waals surface area contributed by atoms with Gasteiger partial charge in [0.05, 0.1) is 67.3 Å². The molecule has 4 N–H and O–H groups in total. The van der Waals surface area contributed by atoms with Gasteiger partial charge in [-0.2, -0.15) is 39.5 Å². The molecule has 0 amide bonds. The summed E-state index contributed by atoms with van der Waals surface area (Å²) in [5.41, 5.74) is 6.22. The molecule has 9 fully saturated rings. The third kappa shape index (κ3) is 17.4. The molecule has 94 heavy (non-hydrogen) atoms. The number of Topliss-reactive ketones (excluding diaryl/α,β-unsaturated/α-hetero) is 1. The maximum absolute atomic E-state index is 13.0. The van der Waals surface area contributed by atoms with Gasteiger partial charge in [-0.25, -0.2) is 4.79 Å². The van der Waals surface area contributed by atoms with Gasteiger partial charge in [-0.05, 0) is 199 Å². The van der Waals surface area contributed by atoms with Gasteiger partial charge in [0.1, 0.15) is 25.4 Å². The van der Waals surface area contributed by atoms with Crippen LogP contribution in [0.4, 0.5) is 56.6 Å². The number of likely N-dealkylation sites (tertiary alicyclic amines) is 2. The zero-order valence-corrected chi connectivity index (χ0v) is 58.2. The molecule has 0 atom stereocenters. The van der Waals surface area contributed by atoms with E-state index in [4.69, 9.17) is 34.0 Å². The number of ether oxygens (including phenoxy) is 3. The Balaban J connectivity index is 0.000000131. The third-order valence-electron chi connectivity index (χ3n) is 19.9. The van der Waals surface area contributed by atoms with Gasteiger partial charge in [-0.1, -0.05) is 24.6 Å². The summed E-state index contributed by atoms with van der Waals surface area (Å²) >= 11 is 5.92. The molecule has 0 radical (unpaired) electrons. The molecule has 0 bridgehead atoms. The number of fused-ring (bicyclic) bond motifs is 3. The van der Waals surface area contributed by atoms with Crippen molar-refractivity contribution in [1.29, 1.82) is 0 Å². The number of rotatable bonds is 11. The van der Waals surface area contributed by atoms with Crippen molar-refractivity contribution in [3.63, 3.8) is 0 Å². The van der Waals surface area contributed by atoms with Crippen LogP contribution in [0.5, 0.6) is 0 Å². The Morgan fingerprint density at radius 3 is 1.03 bits per heavy atom. The molecular weight excluding hydrogens is 1580 g/mol. The summed E-state index contributed by atoms with van der Waals surface area (Å²) in [5, 5.41) is 29.5. The molecule has 514 valence electrons. The lowest BCUT2D eigenvalue weighted by Crippen LogP contribution is -2.68. The quantitative estimate of drug-likeness (QED) is 0.0547. The van der Waals surface area contributed by atoms with E-state index < -0.39 is 50.1 Å². The number of nitrogens with zero attached hydrogens (tertiary/aromatic N) is 5. The normalized spacial score (nSPS) is 23.9. The smallest absolute Gasteiger partial charge is 0.406 e. The molecule has 5 saturated heterocycles. The van der Waals surface area contributed by atoms with E-state index in [1.54, 1.807) is 30.3 Å². The number of alkyl halides is 9. The molecule has 4 saturated carbocycles. The molecule has 8 heterocycles. The van der Waals surface area contributed by atoms with E-state index in [9.17, 15) is 44.3 Å². The Kier molecular flexibility index (Phi) is 22.1. The predicted molar refractivity (Wildman–Crippen MR) is 362 cm³/mol. The number of halogens is 12. The summed E-state index contributed by atoms with van der Waals surface area (Å²) in [7, 11) is 0. The van der Waals surface area contributed by atoms with Crippen LogP contribution in [0.1, 0.15) is 96.3 Å². The number of carboxylic acids is 2. The van der Waals surface area contributed by atoms with Crippen molar-refractivity contribution < 1.29 is 78.3 Å². The minimum Gasteiger partial charge on any atom is -0.539 e. The van der Waals surface area contributed by atoms with Crippen molar-refractivity contribution in [3.8, 4) is 0 Å². The number of carboxylic acid groups (broad SMARTS) is 2. The number of aliphatic carboxylic acids is 2. The van der Waals surface area contributed by atoms with Crippen LogP contribution < -0.4 is 21.1 Å². The molecule has 0 unspecified atom stereocenters. The first-order chi connectivity index (χ1) is 44.5. The molecule has 16 nitrogen and oxygen atoms in total. The first-order valence-electron chi connectivity index (χ1n) is 32.0. The first-order valence-corrected chi connectivity index (χ1v) is 35.3. The van der Waals surface area contributed by atoms with Crippen LogP contribution in [0.3, 0.4) is 0 Å². The maximum atomic E-state index is 13.0. The van der Waals surface area contributed by atoms with Gasteiger partial charge in [0.2, 0.25) is 0 Å². The van der Waals surface area contributed by atoms with E-state index in [0.717, 1.165) is 117 Å². The van der Waals surface area contributed by atoms with Gasteiger partial charge in [0.25, 0.3) is 0 Å². The molecule has 6 aromatic rings. The second-order valence-electron chi connectivity index (χ2n) is 27.2. The number of carbonyl (C=O) groups excluding carboxylic acids is 2. The van der Waals surface area contributed by atoms with E-state index in [1.165, 1.54) is 84.8 Å². The number of benzene rings is 3. The highest BCUT2D eigenvalue weighted by molar-refractivity contribution is 14.1. The minimum absolute atomic E-state index is 0.196. The zero-order chi connectivity index (χ0) is 67.0. The van der Waals surface area contributed by atoms with Gasteiger partial charge in [0, 0.05) is 119 Å². The summed E-state index contributed by atoms with van der Waals surface area (Å²) in [5.74, 6) is -3.72. The topological polar surface area (TPSA) is 180 Å². The predicted octanol–water partition coefficient (Wildman–Crippen LogP) is 13.5. The average Bonchev–Trinajstić information content (AvgIpc) is 1.26. The number of ketones is 1. The lowest BCUT2D eigenvalue weighted by Gasteiger charge is -2.58. The van der Waals surface area contributed by atoms with Crippen molar-refractivity contribution in [1.82, 2.24) is 23.5 Å². The van der Waals surface area contributed by atoms with Crippen molar-refractivity contribution >= 4 is 135 Å². The van der Waals surface area contributed by atoms with Crippen molar-refractivity contribution in [2.24, 2.45) is 16.2 Å². The van der Waals surface area contributed by atoms with Gasteiger partial charge in [-0.15, -0.1) is 0 Å². The summed E-state index contributed by atoms with van der Waals surface area (Å²) in [6, 6.07) is 24.3. The van der Waals surface area contributed by atoms with E-state index in [2.05, 4.69) is 25.8 Å². The molecule has 28 heteroatoms. The summed E-state index contributed by atoms with van der Waals surface area (Å²) in [6.07, 6.45) is 3.41. The van der Waals surface area contributed by atoms with Gasteiger partial charge in [0.15, 0.2) is 5.97 Å². The number of anilines is 3. The Morgan fingerprint density at radius 2 is 0.798 bits per heavy atom. The van der Waals surface area contributed by atoms with E-state index in [-0.39, 0.29) is 11.8 Å². The fraction of sp³-hybridized carbons (Fsp3) is 0.591. The molecule has 9 aliphatic rings. The number of hydrogen-bond donors (Lipinski definition) is 4. The van der Waals surface area contributed by atoms with E-state index >= 15 is 0 Å². The van der Waals surface area contributed by atoms with Crippen LogP contribution in [-0.2, 0) is 48.2 Å². The molecular formula is C66H77F9I3N8O8-. The maximum Gasteiger partial charge on any atom is 0.406 e. The van der Waals surface area contributed by atoms with Crippen molar-refractivity contribution in [2.45, 2.75) is 165 Å². The SMILES string of the molecule is C1CC2(C1)COC2.FC(F)(F)Cn1c(I)cc2c(NC3CCC(N4CC5(COC5)C4)CC3)cccc21.FC(F)(F)Cn1c(I)cc2c(NC3CCC(N4CC5(COC5)C4)CC3)cccc21.O=C([O-])C(=O)O.O=C1CCC(Nc2cccc3c2cc(I)n3CC(F)(F)F)CC1. The summed E-state index contributed by atoms with van der Waals surface area (Å²) in [4.78, 5) is 34.6. The van der Waals surface area contributed by atoms with Crippen LogP contribution in [0, 0.1) is 27.3 Å². The molecule has 5 aliphatic heterocycles. The fourth-order valence-electron chi connectivity index (χ4n) is 14.7. The highest BCUT2D eigenvalue weighted by atomic mass is 127. The van der Waals surface area contributed by atoms with Crippen LogP contribution >= 0.6 is 67.8 Å². The minimum atomic E-state index is -4.25. The Labute approximate surface area is 579 Å². The fourth-order valence-corrected chi connectivity index (χ4v) is 16.9. The lowest BCUT2D eigenvalue weighted by molar-refractivity contribution is -0.303. The standard InChI is InChI=1S/2C21H25F3IN3O.C16H16F3IN2O.C6H10O.C2H2O4/c2*22-21(23,24)11-28-18-3-1-2-17(16(18)8-19(28)25)26-14-4-6-15(7-5-14)27-9-20(10-27)12-29-13-20;17-16(18,19)9-22-14-3-1-2-13(12(14)8-15(22)20)21-10-4-6-11(23)7-5-10;1-2-6(3-1)4-7-5-6;3-1(4)2(5)6/h2*1-3,8,14-15,26H,4-7,9-13H2;1-3,8,10,21H,4-7,9H2;1-5H2;(H,3,4)(H,5,6)/p-1. The van der Waals surface area contributed by atoms with Crippen LogP contribution in [-0.4, -0.2) is 161 Å². The number of hydrogen-bond acceptors (Lipinski definition) is 12. The third-order valence-corrected chi connectivity index (χ3v) is 22.6. The van der Waals surface area contributed by atoms with Crippen molar-refractivity contribution in [3.05, 3.63) is 83.9 Å².